The highest BCUT2D eigenvalue weighted by Gasteiger charge is 2.15. The van der Waals surface area contributed by atoms with Crippen LogP contribution in [0.1, 0.15) is 24.3 Å². The van der Waals surface area contributed by atoms with Crippen molar-refractivity contribution in [3.63, 3.8) is 0 Å². The number of ether oxygens (including phenoxy) is 1. The zero-order chi connectivity index (χ0) is 11.0. The lowest BCUT2D eigenvalue weighted by Gasteiger charge is -2.00. The highest BCUT2D eigenvalue weighted by Crippen LogP contribution is 2.33. The maximum absolute atomic E-state index is 5.84. The van der Waals surface area contributed by atoms with E-state index in [0.29, 0.717) is 0 Å². The molecule has 0 saturated carbocycles. The predicted octanol–water partition coefficient (Wildman–Crippen LogP) is 2.77. The first-order valence-electron chi connectivity index (χ1n) is 4.96. The van der Waals surface area contributed by atoms with Gasteiger partial charge >= 0.3 is 0 Å². The van der Waals surface area contributed by atoms with E-state index >= 15 is 0 Å². The van der Waals surface area contributed by atoms with Crippen LogP contribution in [0, 0.1) is 6.92 Å². The van der Waals surface area contributed by atoms with E-state index in [-0.39, 0.29) is 6.04 Å². The molecule has 0 spiro atoms. The molecule has 15 heavy (non-hydrogen) atoms. The van der Waals surface area contributed by atoms with Gasteiger partial charge in [0, 0.05) is 10.9 Å². The van der Waals surface area contributed by atoms with Crippen molar-refractivity contribution in [2.24, 2.45) is 5.73 Å². The van der Waals surface area contributed by atoms with Crippen LogP contribution in [0.15, 0.2) is 22.6 Å². The summed E-state index contributed by atoms with van der Waals surface area (Å²) in [7, 11) is 1.64. The summed E-state index contributed by atoms with van der Waals surface area (Å²) in [6.45, 7) is 3.93. The molecule has 1 aromatic heterocycles. The van der Waals surface area contributed by atoms with Crippen LogP contribution < -0.4 is 10.5 Å². The quantitative estimate of drug-likeness (QED) is 0.820. The molecule has 2 N–H and O–H groups in total. The molecule has 0 bridgehead atoms. The lowest BCUT2D eigenvalue weighted by Crippen LogP contribution is -2.04. The van der Waals surface area contributed by atoms with Gasteiger partial charge in [0.15, 0.2) is 11.3 Å². The summed E-state index contributed by atoms with van der Waals surface area (Å²) in [6.07, 6.45) is 0. The number of para-hydroxylation sites is 1. The number of hydrogen-bond acceptors (Lipinski definition) is 3. The zero-order valence-corrected chi connectivity index (χ0v) is 9.20. The number of benzene rings is 1. The Kier molecular flexibility index (Phi) is 2.40. The lowest BCUT2D eigenvalue weighted by molar-refractivity contribution is 0.405. The van der Waals surface area contributed by atoms with E-state index < -0.39 is 0 Å². The van der Waals surface area contributed by atoms with Gasteiger partial charge in [-0.25, -0.2) is 0 Å². The molecule has 3 heteroatoms. The molecule has 0 aliphatic heterocycles. The molecule has 0 aliphatic carbocycles. The van der Waals surface area contributed by atoms with Crippen LogP contribution in [-0.4, -0.2) is 7.11 Å². The topological polar surface area (TPSA) is 48.4 Å². The molecule has 0 aliphatic rings. The molecule has 2 aromatic rings. The summed E-state index contributed by atoms with van der Waals surface area (Å²) in [6, 6.07) is 5.76. The molecule has 0 radical (unpaired) electrons. The highest BCUT2D eigenvalue weighted by molar-refractivity contribution is 5.87. The van der Waals surface area contributed by atoms with Gasteiger partial charge < -0.3 is 14.9 Å². The first-order chi connectivity index (χ1) is 7.15. The van der Waals surface area contributed by atoms with Gasteiger partial charge in [-0.3, -0.25) is 0 Å². The summed E-state index contributed by atoms with van der Waals surface area (Å²) in [5, 5.41) is 1.07. The zero-order valence-electron chi connectivity index (χ0n) is 9.20. The van der Waals surface area contributed by atoms with Crippen LogP contribution >= 0.6 is 0 Å². The third-order valence-electron chi connectivity index (χ3n) is 2.60. The second-order valence-corrected chi connectivity index (χ2v) is 3.72. The number of fused-ring (bicyclic) bond motifs is 1. The second kappa shape index (κ2) is 3.59. The first kappa shape index (κ1) is 10.1. The van der Waals surface area contributed by atoms with E-state index in [1.54, 1.807) is 7.11 Å². The Morgan fingerprint density at radius 1 is 1.40 bits per heavy atom. The third kappa shape index (κ3) is 1.49. The average Bonchev–Trinajstić information content (AvgIpc) is 2.56. The maximum atomic E-state index is 5.84. The molecule has 3 nitrogen and oxygen atoms in total. The highest BCUT2D eigenvalue weighted by atomic mass is 16.5. The number of rotatable bonds is 2. The standard InChI is InChI=1S/C12H15NO2/c1-7-9-5-4-6-10(14-3)12(9)15-11(7)8(2)13/h4-6,8H,13H2,1-3H3. The Bertz CT molecular complexity index is 486. The van der Waals surface area contributed by atoms with Gasteiger partial charge in [-0.15, -0.1) is 0 Å². The Morgan fingerprint density at radius 3 is 2.73 bits per heavy atom. The second-order valence-electron chi connectivity index (χ2n) is 3.72. The van der Waals surface area contributed by atoms with Crippen molar-refractivity contribution < 1.29 is 9.15 Å². The van der Waals surface area contributed by atoms with E-state index in [4.69, 9.17) is 14.9 Å². The Labute approximate surface area is 88.8 Å². The molecule has 0 amide bonds. The molecule has 80 valence electrons. The Hall–Kier alpha value is -1.48. The maximum Gasteiger partial charge on any atom is 0.176 e. The van der Waals surface area contributed by atoms with Gasteiger partial charge in [-0.1, -0.05) is 12.1 Å². The van der Waals surface area contributed by atoms with Gasteiger partial charge in [-0.05, 0) is 19.9 Å². The molecule has 1 heterocycles. The van der Waals surface area contributed by atoms with Crippen LogP contribution in [0.3, 0.4) is 0 Å². The molecule has 1 aromatic carbocycles. The molecular weight excluding hydrogens is 190 g/mol. The minimum Gasteiger partial charge on any atom is -0.493 e. The van der Waals surface area contributed by atoms with Gasteiger partial charge in [0.25, 0.3) is 0 Å². The predicted molar refractivity (Wildman–Crippen MR) is 60.1 cm³/mol. The fraction of sp³-hybridized carbons (Fsp3) is 0.333. The first-order valence-corrected chi connectivity index (χ1v) is 4.96. The molecule has 0 fully saturated rings. The van der Waals surface area contributed by atoms with Gasteiger partial charge in [0.2, 0.25) is 0 Å². The smallest absolute Gasteiger partial charge is 0.176 e. The van der Waals surface area contributed by atoms with E-state index in [1.807, 2.05) is 32.0 Å². The van der Waals surface area contributed by atoms with E-state index in [0.717, 1.165) is 28.0 Å². The minimum absolute atomic E-state index is 0.0953. The molecule has 1 unspecified atom stereocenters. The monoisotopic (exact) mass is 205 g/mol. The summed E-state index contributed by atoms with van der Waals surface area (Å²) >= 11 is 0. The van der Waals surface area contributed by atoms with Crippen molar-refractivity contribution in [1.29, 1.82) is 0 Å². The van der Waals surface area contributed by atoms with Crippen molar-refractivity contribution in [1.82, 2.24) is 0 Å². The van der Waals surface area contributed by atoms with Gasteiger partial charge in [0.1, 0.15) is 5.76 Å². The van der Waals surface area contributed by atoms with Crippen molar-refractivity contribution in [2.75, 3.05) is 7.11 Å². The van der Waals surface area contributed by atoms with Crippen molar-refractivity contribution >= 4 is 11.0 Å². The largest absolute Gasteiger partial charge is 0.493 e. The van der Waals surface area contributed by atoms with Gasteiger partial charge in [0.05, 0.1) is 13.2 Å². The number of methoxy groups -OCH3 is 1. The number of furan rings is 1. The minimum atomic E-state index is -0.0953. The van der Waals surface area contributed by atoms with Crippen LogP contribution in [-0.2, 0) is 0 Å². The van der Waals surface area contributed by atoms with Crippen LogP contribution in [0.4, 0.5) is 0 Å². The third-order valence-corrected chi connectivity index (χ3v) is 2.60. The summed E-state index contributed by atoms with van der Waals surface area (Å²) in [4.78, 5) is 0. The molecule has 1 atom stereocenters. The van der Waals surface area contributed by atoms with Crippen molar-refractivity contribution in [3.8, 4) is 5.75 Å². The van der Waals surface area contributed by atoms with Crippen molar-refractivity contribution in [3.05, 3.63) is 29.5 Å². The fourth-order valence-corrected chi connectivity index (χ4v) is 1.83. The Balaban J connectivity index is 2.75. The number of aryl methyl sites for hydroxylation is 1. The van der Waals surface area contributed by atoms with E-state index in [9.17, 15) is 0 Å². The lowest BCUT2D eigenvalue weighted by atomic mass is 10.1. The molecule has 0 saturated heterocycles. The summed E-state index contributed by atoms with van der Waals surface area (Å²) in [5.41, 5.74) is 7.71. The van der Waals surface area contributed by atoms with Gasteiger partial charge in [-0.2, -0.15) is 0 Å². The van der Waals surface area contributed by atoms with E-state index in [1.165, 1.54) is 0 Å². The fourth-order valence-electron chi connectivity index (χ4n) is 1.83. The van der Waals surface area contributed by atoms with Crippen LogP contribution in [0.25, 0.3) is 11.0 Å². The average molecular weight is 205 g/mol. The van der Waals surface area contributed by atoms with Crippen LogP contribution in [0.5, 0.6) is 5.75 Å². The van der Waals surface area contributed by atoms with E-state index in [2.05, 4.69) is 0 Å². The van der Waals surface area contributed by atoms with Crippen molar-refractivity contribution in [2.45, 2.75) is 19.9 Å². The SMILES string of the molecule is COc1cccc2c(C)c(C(C)N)oc12. The number of nitrogens with two attached hydrogens (primary N) is 1. The van der Waals surface area contributed by atoms with Crippen LogP contribution in [0.2, 0.25) is 0 Å². The summed E-state index contributed by atoms with van der Waals surface area (Å²) in [5.74, 6) is 1.58. The molecule has 2 rings (SSSR count). The number of hydrogen-bond donors (Lipinski definition) is 1. The Morgan fingerprint density at radius 2 is 2.13 bits per heavy atom. The normalized spacial score (nSPS) is 13.1. The summed E-state index contributed by atoms with van der Waals surface area (Å²) < 4.78 is 11.0. The molecular formula is C12H15NO2.